The minimum absolute atomic E-state index is 0.0970. The highest BCUT2D eigenvalue weighted by Gasteiger charge is 2.04. The summed E-state index contributed by atoms with van der Waals surface area (Å²) < 4.78 is 1.69. The van der Waals surface area contributed by atoms with Crippen LogP contribution in [-0.2, 0) is 4.79 Å². The molecule has 2 aromatic heterocycles. The summed E-state index contributed by atoms with van der Waals surface area (Å²) in [5.41, 5.74) is 0. The fraction of sp³-hybridized carbons (Fsp3) is 0.467. The number of rotatable bonds is 8. The fourth-order valence-electron chi connectivity index (χ4n) is 1.98. The van der Waals surface area contributed by atoms with Gasteiger partial charge < -0.3 is 10.6 Å². The molecule has 22 heavy (non-hydrogen) atoms. The lowest BCUT2D eigenvalue weighted by molar-refractivity contribution is -0.121. The molecule has 0 fully saturated rings. The van der Waals surface area contributed by atoms with Crippen molar-refractivity contribution in [1.29, 1.82) is 0 Å². The molecule has 0 atom stereocenters. The van der Waals surface area contributed by atoms with E-state index < -0.39 is 0 Å². The number of carbonyl (C=O) groups excluding carboxylic acids is 1. The van der Waals surface area contributed by atoms with E-state index in [0.29, 0.717) is 31.2 Å². The van der Waals surface area contributed by atoms with Crippen molar-refractivity contribution in [2.45, 2.75) is 33.1 Å². The molecule has 0 saturated carbocycles. The highest BCUT2D eigenvalue weighted by Crippen LogP contribution is 2.09. The summed E-state index contributed by atoms with van der Waals surface area (Å²) in [5, 5.41) is 10.2. The van der Waals surface area contributed by atoms with Crippen LogP contribution in [0, 0.1) is 6.92 Å². The van der Waals surface area contributed by atoms with Gasteiger partial charge in [-0.15, -0.1) is 0 Å². The molecule has 0 aliphatic heterocycles. The molecule has 0 aliphatic rings. The predicted molar refractivity (Wildman–Crippen MR) is 84.9 cm³/mol. The van der Waals surface area contributed by atoms with Crippen molar-refractivity contribution in [2.24, 2.45) is 0 Å². The Balaban J connectivity index is 1.84. The van der Waals surface area contributed by atoms with Gasteiger partial charge in [0.15, 0.2) is 5.82 Å². The van der Waals surface area contributed by atoms with Gasteiger partial charge in [-0.1, -0.05) is 13.3 Å². The summed E-state index contributed by atoms with van der Waals surface area (Å²) >= 11 is 0. The molecular weight excluding hydrogens is 280 g/mol. The van der Waals surface area contributed by atoms with E-state index in [4.69, 9.17) is 0 Å². The molecule has 0 aromatic carbocycles. The lowest BCUT2D eigenvalue weighted by atomic mass is 10.2. The van der Waals surface area contributed by atoms with Gasteiger partial charge in [0.2, 0.25) is 5.91 Å². The summed E-state index contributed by atoms with van der Waals surface area (Å²) in [6, 6.07) is 3.68. The summed E-state index contributed by atoms with van der Waals surface area (Å²) in [6.45, 7) is 5.10. The number of aryl methyl sites for hydroxylation is 1. The molecular formula is C15H22N6O. The quantitative estimate of drug-likeness (QED) is 0.725. The second-order valence-corrected chi connectivity index (χ2v) is 4.99. The molecule has 0 radical (unpaired) electrons. The maximum absolute atomic E-state index is 11.5. The van der Waals surface area contributed by atoms with E-state index in [1.165, 1.54) is 0 Å². The van der Waals surface area contributed by atoms with Gasteiger partial charge in [0, 0.05) is 38.0 Å². The number of hydrogen-bond donors (Lipinski definition) is 2. The average molecular weight is 302 g/mol. The van der Waals surface area contributed by atoms with Gasteiger partial charge in [0.1, 0.15) is 11.6 Å². The first kappa shape index (κ1) is 15.9. The van der Waals surface area contributed by atoms with Gasteiger partial charge in [-0.2, -0.15) is 5.10 Å². The molecule has 7 heteroatoms. The Morgan fingerprint density at radius 2 is 2.18 bits per heavy atom. The Morgan fingerprint density at radius 1 is 1.32 bits per heavy atom. The van der Waals surface area contributed by atoms with Crippen LogP contribution in [0.4, 0.5) is 5.82 Å². The van der Waals surface area contributed by atoms with Crippen LogP contribution < -0.4 is 10.6 Å². The Labute approximate surface area is 130 Å². The molecule has 118 valence electrons. The number of aromatic nitrogens is 4. The lowest BCUT2D eigenvalue weighted by Gasteiger charge is -2.09. The van der Waals surface area contributed by atoms with Crippen molar-refractivity contribution in [2.75, 3.05) is 18.4 Å². The SMILES string of the molecule is CCCCC(=O)NCCNc1cc(-n2cccn2)nc(C)n1. The van der Waals surface area contributed by atoms with Gasteiger partial charge >= 0.3 is 0 Å². The van der Waals surface area contributed by atoms with Gasteiger partial charge in [0.25, 0.3) is 0 Å². The Bertz CT molecular complexity index is 596. The first-order valence-electron chi connectivity index (χ1n) is 7.55. The second-order valence-electron chi connectivity index (χ2n) is 4.99. The minimum Gasteiger partial charge on any atom is -0.368 e. The van der Waals surface area contributed by atoms with E-state index in [2.05, 4.69) is 32.6 Å². The largest absolute Gasteiger partial charge is 0.368 e. The third-order valence-corrected chi connectivity index (χ3v) is 3.07. The predicted octanol–water partition coefficient (Wildman–Crippen LogP) is 1.69. The Kier molecular flexibility index (Phi) is 5.88. The topological polar surface area (TPSA) is 84.7 Å². The van der Waals surface area contributed by atoms with Crippen LogP contribution in [-0.4, -0.2) is 38.7 Å². The molecule has 2 aromatic rings. The van der Waals surface area contributed by atoms with Crippen molar-refractivity contribution in [3.05, 3.63) is 30.4 Å². The monoisotopic (exact) mass is 302 g/mol. The zero-order valence-electron chi connectivity index (χ0n) is 13.0. The number of nitrogens with zero attached hydrogens (tertiary/aromatic N) is 4. The average Bonchev–Trinajstić information content (AvgIpc) is 3.03. The van der Waals surface area contributed by atoms with Gasteiger partial charge in [-0.3, -0.25) is 4.79 Å². The van der Waals surface area contributed by atoms with E-state index in [-0.39, 0.29) is 5.91 Å². The van der Waals surface area contributed by atoms with Crippen molar-refractivity contribution in [1.82, 2.24) is 25.1 Å². The summed E-state index contributed by atoms with van der Waals surface area (Å²) in [6.07, 6.45) is 6.09. The molecule has 0 bridgehead atoms. The third-order valence-electron chi connectivity index (χ3n) is 3.07. The molecule has 0 aliphatic carbocycles. The summed E-state index contributed by atoms with van der Waals surface area (Å²) in [4.78, 5) is 20.2. The van der Waals surface area contributed by atoms with Crippen LogP contribution in [0.25, 0.3) is 5.82 Å². The normalized spacial score (nSPS) is 10.5. The van der Waals surface area contributed by atoms with Crippen molar-refractivity contribution < 1.29 is 4.79 Å². The second kappa shape index (κ2) is 8.11. The van der Waals surface area contributed by atoms with Crippen LogP contribution in [0.2, 0.25) is 0 Å². The summed E-state index contributed by atoms with van der Waals surface area (Å²) in [7, 11) is 0. The Hall–Kier alpha value is -2.44. The number of nitrogens with one attached hydrogen (secondary N) is 2. The molecule has 7 nitrogen and oxygen atoms in total. The van der Waals surface area contributed by atoms with Crippen molar-refractivity contribution >= 4 is 11.7 Å². The maximum atomic E-state index is 11.5. The van der Waals surface area contributed by atoms with Gasteiger partial charge in [-0.25, -0.2) is 14.6 Å². The van der Waals surface area contributed by atoms with Crippen LogP contribution in [0.1, 0.15) is 32.0 Å². The van der Waals surface area contributed by atoms with E-state index in [1.807, 2.05) is 25.3 Å². The number of carbonyl (C=O) groups is 1. The zero-order valence-corrected chi connectivity index (χ0v) is 13.0. The van der Waals surface area contributed by atoms with Gasteiger partial charge in [0.05, 0.1) is 0 Å². The standard InChI is InChI=1S/C15H22N6O/c1-3-4-6-15(22)17-9-8-16-13-11-14(20-12(2)19-13)21-10-5-7-18-21/h5,7,10-11H,3-4,6,8-9H2,1-2H3,(H,17,22)(H,16,19,20). The first-order chi connectivity index (χ1) is 10.7. The van der Waals surface area contributed by atoms with Crippen molar-refractivity contribution in [3.63, 3.8) is 0 Å². The lowest BCUT2D eigenvalue weighted by Crippen LogP contribution is -2.28. The first-order valence-corrected chi connectivity index (χ1v) is 7.55. The molecule has 2 N–H and O–H groups in total. The molecule has 2 rings (SSSR count). The Morgan fingerprint density at radius 3 is 2.91 bits per heavy atom. The fourth-order valence-corrected chi connectivity index (χ4v) is 1.98. The van der Waals surface area contributed by atoms with E-state index in [0.717, 1.165) is 18.7 Å². The molecule has 1 amide bonds. The summed E-state index contributed by atoms with van der Waals surface area (Å²) in [5.74, 6) is 2.20. The third kappa shape index (κ3) is 4.83. The molecule has 0 spiro atoms. The number of amides is 1. The number of anilines is 1. The van der Waals surface area contributed by atoms with Gasteiger partial charge in [-0.05, 0) is 19.4 Å². The molecule has 0 saturated heterocycles. The van der Waals surface area contributed by atoms with Crippen molar-refractivity contribution in [3.8, 4) is 5.82 Å². The smallest absolute Gasteiger partial charge is 0.220 e. The van der Waals surface area contributed by atoms with Crippen LogP contribution in [0.5, 0.6) is 0 Å². The number of hydrogen-bond acceptors (Lipinski definition) is 5. The van der Waals surface area contributed by atoms with E-state index in [1.54, 1.807) is 10.9 Å². The van der Waals surface area contributed by atoms with E-state index >= 15 is 0 Å². The van der Waals surface area contributed by atoms with Crippen LogP contribution in [0.15, 0.2) is 24.5 Å². The molecule has 2 heterocycles. The zero-order chi connectivity index (χ0) is 15.8. The highest BCUT2D eigenvalue weighted by molar-refractivity contribution is 5.75. The van der Waals surface area contributed by atoms with Crippen LogP contribution >= 0.6 is 0 Å². The van der Waals surface area contributed by atoms with E-state index in [9.17, 15) is 4.79 Å². The molecule has 0 unspecified atom stereocenters. The number of unbranched alkanes of at least 4 members (excludes halogenated alkanes) is 1. The minimum atomic E-state index is 0.0970. The van der Waals surface area contributed by atoms with Crippen LogP contribution in [0.3, 0.4) is 0 Å². The highest BCUT2D eigenvalue weighted by atomic mass is 16.1. The maximum Gasteiger partial charge on any atom is 0.220 e.